The highest BCUT2D eigenvalue weighted by molar-refractivity contribution is 7.99. The van der Waals surface area contributed by atoms with Gasteiger partial charge in [-0.15, -0.1) is 11.8 Å². The van der Waals surface area contributed by atoms with Gasteiger partial charge in [-0.3, -0.25) is 4.79 Å². The highest BCUT2D eigenvalue weighted by Gasteiger charge is 2.38. The minimum atomic E-state index is -4.99. The van der Waals surface area contributed by atoms with Crippen molar-refractivity contribution in [2.75, 3.05) is 12.3 Å². The van der Waals surface area contributed by atoms with Crippen molar-refractivity contribution in [3.05, 3.63) is 35.4 Å². The van der Waals surface area contributed by atoms with Crippen molar-refractivity contribution < 1.29 is 31.1 Å². The molecule has 0 unspecified atom stereocenters. The van der Waals surface area contributed by atoms with E-state index in [1.54, 1.807) is 11.4 Å². The first kappa shape index (κ1) is 22.6. The van der Waals surface area contributed by atoms with Gasteiger partial charge in [0, 0.05) is 17.2 Å². The summed E-state index contributed by atoms with van der Waals surface area (Å²) in [5, 5.41) is 1.64. The molecular weight excluding hydrogens is 404 g/mol. The molecule has 0 aliphatic heterocycles. The van der Waals surface area contributed by atoms with E-state index in [0.29, 0.717) is 10.8 Å². The van der Waals surface area contributed by atoms with E-state index >= 15 is 0 Å². The van der Waals surface area contributed by atoms with Gasteiger partial charge in [0.1, 0.15) is 0 Å². The smallest absolute Gasteiger partial charge is 0.345 e. The lowest BCUT2D eigenvalue weighted by Crippen LogP contribution is -2.36. The van der Waals surface area contributed by atoms with Crippen molar-refractivity contribution in [3.8, 4) is 0 Å². The Morgan fingerprint density at radius 3 is 2.36 bits per heavy atom. The van der Waals surface area contributed by atoms with Crippen LogP contribution in [0.15, 0.2) is 29.2 Å². The van der Waals surface area contributed by atoms with Crippen LogP contribution in [0.4, 0.5) is 26.3 Å². The van der Waals surface area contributed by atoms with Gasteiger partial charge in [0.05, 0.1) is 5.56 Å². The van der Waals surface area contributed by atoms with Crippen LogP contribution in [0.25, 0.3) is 6.08 Å². The molecule has 1 aromatic carbocycles. The van der Waals surface area contributed by atoms with Crippen LogP contribution >= 0.6 is 11.8 Å². The van der Waals surface area contributed by atoms with E-state index in [4.69, 9.17) is 0 Å². The molecule has 1 N–H and O–H groups in total. The van der Waals surface area contributed by atoms with Crippen LogP contribution in [0.3, 0.4) is 0 Å². The fourth-order valence-electron chi connectivity index (χ4n) is 2.98. The normalized spacial score (nSPS) is 16.5. The third-order valence-electron chi connectivity index (χ3n) is 4.41. The number of hydrogen-bond donors (Lipinski definition) is 1. The summed E-state index contributed by atoms with van der Waals surface area (Å²) in [6.45, 7) is -0.431. The summed E-state index contributed by atoms with van der Waals surface area (Å²) in [4.78, 5) is 11.2. The molecule has 1 aromatic rings. The maximum atomic E-state index is 13.2. The average Bonchev–Trinajstić information content (AvgIpc) is 2.62. The van der Waals surface area contributed by atoms with Gasteiger partial charge in [0.25, 0.3) is 0 Å². The first-order valence-electron chi connectivity index (χ1n) is 8.92. The largest absolute Gasteiger partial charge is 0.471 e. The topological polar surface area (TPSA) is 29.1 Å². The monoisotopic (exact) mass is 425 g/mol. The number of alkyl halides is 6. The van der Waals surface area contributed by atoms with Gasteiger partial charge in [-0.1, -0.05) is 31.4 Å². The average molecular weight is 425 g/mol. The van der Waals surface area contributed by atoms with Gasteiger partial charge in [-0.05, 0) is 42.5 Å². The standard InChI is InChI=1S/C19H21F6NOS/c20-18(21,22)15-9-14(7-4-8-26-17(27)19(23,24)25)10-16(11-15)28-12-13-5-2-1-3-6-13/h4,7,9-11,13H,1-3,5-6,8,12H2,(H,26,27)/b7-4+. The van der Waals surface area contributed by atoms with Crippen molar-refractivity contribution in [1.82, 2.24) is 5.32 Å². The van der Waals surface area contributed by atoms with Crippen LogP contribution in [0, 0.1) is 5.92 Å². The Kier molecular flexibility index (Phi) is 7.86. The molecule has 156 valence electrons. The Hall–Kier alpha value is -1.64. The fraction of sp³-hybridized carbons (Fsp3) is 0.526. The molecule has 1 aliphatic rings. The lowest BCUT2D eigenvalue weighted by atomic mass is 9.91. The summed E-state index contributed by atoms with van der Waals surface area (Å²) < 4.78 is 75.8. The zero-order valence-electron chi connectivity index (χ0n) is 15.0. The third-order valence-corrected chi connectivity index (χ3v) is 5.62. The third kappa shape index (κ3) is 7.41. The molecule has 1 amide bonds. The van der Waals surface area contributed by atoms with Crippen LogP contribution in [0.2, 0.25) is 0 Å². The number of carbonyl (C=O) groups is 1. The highest BCUT2D eigenvalue weighted by Crippen LogP contribution is 2.35. The number of amides is 1. The molecule has 1 fully saturated rings. The molecular formula is C19H21F6NOS. The van der Waals surface area contributed by atoms with Crippen molar-refractivity contribution in [2.24, 2.45) is 5.92 Å². The minimum Gasteiger partial charge on any atom is -0.345 e. The summed E-state index contributed by atoms with van der Waals surface area (Å²) >= 11 is 1.37. The van der Waals surface area contributed by atoms with E-state index in [9.17, 15) is 31.1 Å². The van der Waals surface area contributed by atoms with Gasteiger partial charge in [0.15, 0.2) is 0 Å². The Labute approximate surface area is 163 Å². The number of thioether (sulfide) groups is 1. The second kappa shape index (κ2) is 9.71. The maximum absolute atomic E-state index is 13.2. The van der Waals surface area contributed by atoms with Crippen molar-refractivity contribution >= 4 is 23.7 Å². The van der Waals surface area contributed by atoms with Gasteiger partial charge in [0.2, 0.25) is 0 Å². The van der Waals surface area contributed by atoms with E-state index in [0.717, 1.165) is 43.6 Å². The lowest BCUT2D eigenvalue weighted by molar-refractivity contribution is -0.173. The zero-order chi connectivity index (χ0) is 20.8. The Morgan fingerprint density at radius 1 is 1.07 bits per heavy atom. The van der Waals surface area contributed by atoms with Crippen LogP contribution in [-0.4, -0.2) is 24.4 Å². The molecule has 0 saturated heterocycles. The Bertz CT molecular complexity index is 693. The molecule has 2 nitrogen and oxygen atoms in total. The van der Waals surface area contributed by atoms with Gasteiger partial charge in [-0.25, -0.2) is 0 Å². The number of benzene rings is 1. The zero-order valence-corrected chi connectivity index (χ0v) is 15.8. The van der Waals surface area contributed by atoms with Crippen LogP contribution in [0.1, 0.15) is 43.2 Å². The Morgan fingerprint density at radius 2 is 1.75 bits per heavy atom. The summed E-state index contributed by atoms with van der Waals surface area (Å²) in [7, 11) is 0. The van der Waals surface area contributed by atoms with Crippen molar-refractivity contribution in [3.63, 3.8) is 0 Å². The predicted molar refractivity (Wildman–Crippen MR) is 96.8 cm³/mol. The molecule has 9 heteroatoms. The predicted octanol–water partition coefficient (Wildman–Crippen LogP) is 6.07. The first-order valence-corrected chi connectivity index (χ1v) is 9.91. The summed E-state index contributed by atoms with van der Waals surface area (Å²) in [6, 6.07) is 3.60. The number of nitrogens with one attached hydrogen (secondary N) is 1. The molecule has 1 saturated carbocycles. The molecule has 0 heterocycles. The molecule has 0 atom stereocenters. The van der Waals surface area contributed by atoms with E-state index < -0.39 is 30.4 Å². The number of hydrogen-bond acceptors (Lipinski definition) is 2. The minimum absolute atomic E-state index is 0.224. The van der Waals surface area contributed by atoms with Gasteiger partial charge < -0.3 is 5.32 Å². The number of carbonyl (C=O) groups excluding carboxylic acids is 1. The van der Waals surface area contributed by atoms with Gasteiger partial charge >= 0.3 is 18.3 Å². The first-order chi connectivity index (χ1) is 13.1. The SMILES string of the molecule is O=C(NC/C=C/c1cc(SCC2CCCCC2)cc(C(F)(F)F)c1)C(F)(F)F. The van der Waals surface area contributed by atoms with E-state index in [1.807, 2.05) is 0 Å². The molecule has 1 aliphatic carbocycles. The molecule has 28 heavy (non-hydrogen) atoms. The fourth-order valence-corrected chi connectivity index (χ4v) is 4.17. The maximum Gasteiger partial charge on any atom is 0.471 e. The number of halogens is 6. The molecule has 0 bridgehead atoms. The highest BCUT2D eigenvalue weighted by atomic mass is 32.2. The van der Waals surface area contributed by atoms with Crippen molar-refractivity contribution in [1.29, 1.82) is 0 Å². The lowest BCUT2D eigenvalue weighted by Gasteiger charge is -2.21. The number of rotatable bonds is 6. The Balaban J connectivity index is 2.05. The molecule has 2 rings (SSSR count). The van der Waals surface area contributed by atoms with Crippen LogP contribution in [0.5, 0.6) is 0 Å². The van der Waals surface area contributed by atoms with Crippen LogP contribution < -0.4 is 5.32 Å². The second-order valence-electron chi connectivity index (χ2n) is 6.71. The van der Waals surface area contributed by atoms with E-state index in [-0.39, 0.29) is 5.56 Å². The van der Waals surface area contributed by atoms with Crippen LogP contribution in [-0.2, 0) is 11.0 Å². The van der Waals surface area contributed by atoms with E-state index in [2.05, 4.69) is 0 Å². The molecule has 0 aromatic heterocycles. The summed E-state index contributed by atoms with van der Waals surface area (Å²) in [5.74, 6) is -0.860. The summed E-state index contributed by atoms with van der Waals surface area (Å²) in [6.07, 6.45) is -1.40. The quantitative estimate of drug-likeness (QED) is 0.443. The van der Waals surface area contributed by atoms with E-state index in [1.165, 1.54) is 30.3 Å². The summed E-state index contributed by atoms with van der Waals surface area (Å²) in [5.41, 5.74) is -0.581. The second-order valence-corrected chi connectivity index (χ2v) is 7.81. The van der Waals surface area contributed by atoms with Crippen molar-refractivity contribution in [2.45, 2.75) is 49.4 Å². The molecule has 0 radical (unpaired) electrons. The van der Waals surface area contributed by atoms with Gasteiger partial charge in [-0.2, -0.15) is 26.3 Å². The molecule has 0 spiro atoms.